The molecule has 0 aliphatic carbocycles. The van der Waals surface area contributed by atoms with Gasteiger partial charge in [-0.25, -0.2) is 4.79 Å². The van der Waals surface area contributed by atoms with Crippen molar-refractivity contribution in [2.45, 2.75) is 20.8 Å². The van der Waals surface area contributed by atoms with E-state index in [2.05, 4.69) is 0 Å². The number of hydrogen-bond acceptors (Lipinski definition) is 2. The SMILES string of the molecule is Cc1cc(Cl)ccc1-c1sc(C(=O)O)c(C)c1-c1ccc(Cl)cc1C. The lowest BCUT2D eigenvalue weighted by Gasteiger charge is -2.12. The quantitative estimate of drug-likeness (QED) is 0.521. The Labute approximate surface area is 160 Å². The van der Waals surface area contributed by atoms with E-state index in [0.717, 1.165) is 38.3 Å². The molecule has 3 aromatic rings. The molecule has 0 aliphatic rings. The van der Waals surface area contributed by atoms with Crippen molar-refractivity contribution in [1.29, 1.82) is 0 Å². The zero-order valence-corrected chi connectivity index (χ0v) is 16.3. The van der Waals surface area contributed by atoms with Gasteiger partial charge in [0.25, 0.3) is 0 Å². The van der Waals surface area contributed by atoms with Crippen LogP contribution < -0.4 is 0 Å². The first-order chi connectivity index (χ1) is 11.8. The predicted molar refractivity (Wildman–Crippen MR) is 106 cm³/mol. The second-order valence-electron chi connectivity index (χ2n) is 5.98. The maximum atomic E-state index is 11.7. The smallest absolute Gasteiger partial charge is 0.346 e. The maximum Gasteiger partial charge on any atom is 0.346 e. The molecule has 0 radical (unpaired) electrons. The third-order valence-corrected chi connectivity index (χ3v) is 6.02. The number of carbonyl (C=O) groups is 1. The molecule has 0 aliphatic heterocycles. The van der Waals surface area contributed by atoms with Crippen LogP contribution in [0.25, 0.3) is 21.6 Å². The Kier molecular flexibility index (Phi) is 4.92. The third kappa shape index (κ3) is 3.32. The number of carboxylic acids is 1. The summed E-state index contributed by atoms with van der Waals surface area (Å²) >= 11 is 13.5. The second-order valence-corrected chi connectivity index (χ2v) is 7.88. The van der Waals surface area contributed by atoms with Crippen LogP contribution in [0.4, 0.5) is 0 Å². The van der Waals surface area contributed by atoms with Crippen LogP contribution in [-0.2, 0) is 0 Å². The first kappa shape index (κ1) is 18.0. The van der Waals surface area contributed by atoms with Gasteiger partial charge in [-0.2, -0.15) is 0 Å². The topological polar surface area (TPSA) is 37.3 Å². The molecular formula is C20H16Cl2O2S. The number of halogens is 2. The zero-order chi connectivity index (χ0) is 18.3. The number of carboxylic acid groups (broad SMARTS) is 1. The molecule has 0 atom stereocenters. The number of hydrogen-bond donors (Lipinski definition) is 1. The Morgan fingerprint density at radius 1 is 0.920 bits per heavy atom. The molecule has 0 unspecified atom stereocenters. The monoisotopic (exact) mass is 390 g/mol. The highest BCUT2D eigenvalue weighted by molar-refractivity contribution is 7.18. The fraction of sp³-hybridized carbons (Fsp3) is 0.150. The van der Waals surface area contributed by atoms with E-state index in [0.29, 0.717) is 14.9 Å². The highest BCUT2D eigenvalue weighted by atomic mass is 35.5. The molecule has 0 fully saturated rings. The van der Waals surface area contributed by atoms with Gasteiger partial charge >= 0.3 is 5.97 Å². The van der Waals surface area contributed by atoms with Crippen LogP contribution in [0, 0.1) is 20.8 Å². The molecule has 128 valence electrons. The average Bonchev–Trinajstić information content (AvgIpc) is 2.85. The van der Waals surface area contributed by atoms with Crippen molar-refractivity contribution in [3.05, 3.63) is 68.0 Å². The van der Waals surface area contributed by atoms with E-state index in [9.17, 15) is 9.90 Å². The highest BCUT2D eigenvalue weighted by Gasteiger charge is 2.23. The van der Waals surface area contributed by atoms with E-state index in [1.807, 2.05) is 57.2 Å². The Hall–Kier alpha value is -1.81. The van der Waals surface area contributed by atoms with Crippen molar-refractivity contribution in [1.82, 2.24) is 0 Å². The molecule has 0 saturated carbocycles. The number of aryl methyl sites for hydroxylation is 2. The van der Waals surface area contributed by atoms with Crippen LogP contribution in [-0.4, -0.2) is 11.1 Å². The average molecular weight is 391 g/mol. The van der Waals surface area contributed by atoms with E-state index >= 15 is 0 Å². The van der Waals surface area contributed by atoms with Crippen LogP contribution in [0.2, 0.25) is 10.0 Å². The molecule has 1 aromatic heterocycles. The van der Waals surface area contributed by atoms with Gasteiger partial charge in [0.05, 0.1) is 0 Å². The van der Waals surface area contributed by atoms with Crippen LogP contribution in [0.1, 0.15) is 26.4 Å². The standard InChI is InChI=1S/C20H16Cl2O2S/c1-10-8-13(21)4-6-15(10)17-12(3)18(20(23)24)25-19(17)16-7-5-14(22)9-11(16)2/h4-9H,1-3H3,(H,23,24). The summed E-state index contributed by atoms with van der Waals surface area (Å²) in [4.78, 5) is 13.0. The Morgan fingerprint density at radius 2 is 1.44 bits per heavy atom. The van der Waals surface area contributed by atoms with Gasteiger partial charge in [-0.05, 0) is 72.9 Å². The molecule has 2 nitrogen and oxygen atoms in total. The van der Waals surface area contributed by atoms with E-state index in [-0.39, 0.29) is 0 Å². The fourth-order valence-corrected chi connectivity index (χ4v) is 4.72. The van der Waals surface area contributed by atoms with Gasteiger partial charge in [-0.1, -0.05) is 35.3 Å². The van der Waals surface area contributed by atoms with Crippen LogP contribution in [0.5, 0.6) is 0 Å². The molecule has 1 N–H and O–H groups in total. The summed E-state index contributed by atoms with van der Waals surface area (Å²) in [6.45, 7) is 5.82. The summed E-state index contributed by atoms with van der Waals surface area (Å²) in [6.07, 6.45) is 0. The summed E-state index contributed by atoms with van der Waals surface area (Å²) in [6, 6.07) is 11.4. The van der Waals surface area contributed by atoms with Gasteiger partial charge in [0.1, 0.15) is 4.88 Å². The van der Waals surface area contributed by atoms with Crippen LogP contribution in [0.3, 0.4) is 0 Å². The minimum atomic E-state index is -0.909. The van der Waals surface area contributed by atoms with E-state index < -0.39 is 5.97 Å². The molecular weight excluding hydrogens is 375 g/mol. The van der Waals surface area contributed by atoms with Gasteiger partial charge in [0, 0.05) is 20.5 Å². The van der Waals surface area contributed by atoms with Crippen LogP contribution in [0.15, 0.2) is 36.4 Å². The molecule has 0 bridgehead atoms. The number of aromatic carboxylic acids is 1. The largest absolute Gasteiger partial charge is 0.477 e. The summed E-state index contributed by atoms with van der Waals surface area (Å²) in [5, 5.41) is 10.9. The second kappa shape index (κ2) is 6.83. The summed E-state index contributed by atoms with van der Waals surface area (Å²) in [5.41, 5.74) is 5.73. The van der Waals surface area contributed by atoms with E-state index in [4.69, 9.17) is 23.2 Å². The molecule has 0 saturated heterocycles. The Bertz CT molecular complexity index is 990. The number of thiophene rings is 1. The van der Waals surface area contributed by atoms with Gasteiger partial charge in [0.2, 0.25) is 0 Å². The Morgan fingerprint density at radius 3 is 1.92 bits per heavy atom. The lowest BCUT2D eigenvalue weighted by atomic mass is 9.93. The minimum Gasteiger partial charge on any atom is -0.477 e. The lowest BCUT2D eigenvalue weighted by molar-refractivity contribution is 0.0701. The van der Waals surface area contributed by atoms with Gasteiger partial charge < -0.3 is 5.11 Å². The summed E-state index contributed by atoms with van der Waals surface area (Å²) in [7, 11) is 0. The minimum absolute atomic E-state index is 0.355. The molecule has 3 rings (SSSR count). The van der Waals surface area contributed by atoms with Crippen molar-refractivity contribution in [2.24, 2.45) is 0 Å². The van der Waals surface area contributed by atoms with Crippen molar-refractivity contribution in [3.63, 3.8) is 0 Å². The molecule has 5 heteroatoms. The third-order valence-electron chi connectivity index (χ3n) is 4.23. The fourth-order valence-electron chi connectivity index (χ4n) is 3.02. The molecule has 0 spiro atoms. The Balaban J connectivity index is 2.35. The van der Waals surface area contributed by atoms with Gasteiger partial charge in [-0.15, -0.1) is 11.3 Å². The highest BCUT2D eigenvalue weighted by Crippen LogP contribution is 2.45. The van der Waals surface area contributed by atoms with E-state index in [1.54, 1.807) is 0 Å². The molecule has 1 heterocycles. The summed E-state index contributed by atoms with van der Waals surface area (Å²) < 4.78 is 0. The normalized spacial score (nSPS) is 10.9. The van der Waals surface area contributed by atoms with Crippen molar-refractivity contribution in [2.75, 3.05) is 0 Å². The van der Waals surface area contributed by atoms with Gasteiger partial charge in [-0.3, -0.25) is 0 Å². The molecule has 2 aromatic carbocycles. The van der Waals surface area contributed by atoms with Crippen molar-refractivity contribution in [3.8, 4) is 21.6 Å². The number of rotatable bonds is 3. The molecule has 25 heavy (non-hydrogen) atoms. The summed E-state index contributed by atoms with van der Waals surface area (Å²) in [5.74, 6) is -0.909. The van der Waals surface area contributed by atoms with Crippen LogP contribution >= 0.6 is 34.5 Å². The zero-order valence-electron chi connectivity index (χ0n) is 14.0. The maximum absolute atomic E-state index is 11.7. The first-order valence-electron chi connectivity index (χ1n) is 7.69. The first-order valence-corrected chi connectivity index (χ1v) is 9.26. The number of benzene rings is 2. The molecule has 0 amide bonds. The van der Waals surface area contributed by atoms with Crippen molar-refractivity contribution >= 4 is 40.5 Å². The van der Waals surface area contributed by atoms with Gasteiger partial charge in [0.15, 0.2) is 0 Å². The van der Waals surface area contributed by atoms with Crippen molar-refractivity contribution < 1.29 is 9.90 Å². The predicted octanol–water partition coefficient (Wildman–Crippen LogP) is 7.01. The van der Waals surface area contributed by atoms with E-state index in [1.165, 1.54) is 11.3 Å². The lowest BCUT2D eigenvalue weighted by Crippen LogP contribution is -1.95.